The van der Waals surface area contributed by atoms with Gasteiger partial charge in [0, 0.05) is 17.5 Å². The van der Waals surface area contributed by atoms with Gasteiger partial charge in [-0.15, -0.1) is 11.3 Å². The molecule has 0 amide bonds. The zero-order valence-electron chi connectivity index (χ0n) is 15.8. The molecule has 0 radical (unpaired) electrons. The second kappa shape index (κ2) is 7.78. The van der Waals surface area contributed by atoms with E-state index in [4.69, 9.17) is 10.7 Å². The van der Waals surface area contributed by atoms with Gasteiger partial charge in [0.2, 0.25) is 0 Å². The van der Waals surface area contributed by atoms with Crippen LogP contribution in [0.25, 0.3) is 10.2 Å². The number of anilines is 1. The summed E-state index contributed by atoms with van der Waals surface area (Å²) in [5, 5.41) is 0.779. The van der Waals surface area contributed by atoms with Gasteiger partial charge in [-0.1, -0.05) is 31.0 Å². The first kappa shape index (κ1) is 19.9. The number of carbonyl (C=O) groups excluding carboxylic acids is 1. The smallest absolute Gasteiger partial charge is 0.397 e. The predicted octanol–water partition coefficient (Wildman–Crippen LogP) is 5.98. The molecule has 0 saturated heterocycles. The van der Waals surface area contributed by atoms with Gasteiger partial charge in [0.25, 0.3) is 0 Å². The number of hydrogen-bond donors (Lipinski definition) is 1. The van der Waals surface area contributed by atoms with Crippen LogP contribution < -0.4 is 5.73 Å². The third kappa shape index (κ3) is 4.15. The fourth-order valence-corrected chi connectivity index (χ4v) is 4.88. The second-order valence-corrected chi connectivity index (χ2v) is 8.50. The van der Waals surface area contributed by atoms with E-state index in [1.807, 2.05) is 0 Å². The van der Waals surface area contributed by atoms with Gasteiger partial charge in [-0.3, -0.25) is 4.79 Å². The highest BCUT2D eigenvalue weighted by molar-refractivity contribution is 7.21. The van der Waals surface area contributed by atoms with E-state index in [9.17, 15) is 18.0 Å². The number of rotatable bonds is 3. The van der Waals surface area contributed by atoms with Crippen molar-refractivity contribution in [3.63, 3.8) is 0 Å². The maximum atomic E-state index is 12.9. The van der Waals surface area contributed by atoms with Crippen molar-refractivity contribution in [3.05, 3.63) is 57.6 Å². The number of halogens is 3. The number of nitrogens with two attached hydrogens (primary N) is 1. The van der Waals surface area contributed by atoms with Crippen molar-refractivity contribution in [3.8, 4) is 0 Å². The Labute approximate surface area is 170 Å². The number of benzene rings is 1. The number of carbonyl (C=O) groups is 1. The van der Waals surface area contributed by atoms with Gasteiger partial charge < -0.3 is 5.73 Å². The third-order valence-corrected chi connectivity index (χ3v) is 6.53. The van der Waals surface area contributed by atoms with E-state index in [0.717, 1.165) is 53.7 Å². The van der Waals surface area contributed by atoms with Crippen molar-refractivity contribution in [2.45, 2.75) is 51.1 Å². The van der Waals surface area contributed by atoms with Gasteiger partial charge >= 0.3 is 6.18 Å². The van der Waals surface area contributed by atoms with Gasteiger partial charge in [0.05, 0.1) is 16.1 Å². The van der Waals surface area contributed by atoms with Gasteiger partial charge in [-0.25, -0.2) is 4.98 Å². The second-order valence-electron chi connectivity index (χ2n) is 7.50. The molecule has 2 N–H and O–H groups in total. The van der Waals surface area contributed by atoms with Crippen molar-refractivity contribution < 1.29 is 18.0 Å². The average molecular weight is 418 g/mol. The molecule has 0 bridgehead atoms. The molecule has 152 valence electrons. The first-order valence-corrected chi connectivity index (χ1v) is 10.5. The highest BCUT2D eigenvalue weighted by atomic mass is 32.1. The zero-order chi connectivity index (χ0) is 20.6. The van der Waals surface area contributed by atoms with Crippen molar-refractivity contribution in [2.75, 3.05) is 5.73 Å². The van der Waals surface area contributed by atoms with Crippen LogP contribution in [0.1, 0.15) is 57.7 Å². The molecule has 1 aromatic carbocycles. The van der Waals surface area contributed by atoms with E-state index in [0.29, 0.717) is 16.1 Å². The largest absolute Gasteiger partial charge is 0.416 e. The molecule has 7 heteroatoms. The van der Waals surface area contributed by atoms with E-state index >= 15 is 0 Å². The van der Waals surface area contributed by atoms with E-state index in [-0.39, 0.29) is 12.2 Å². The number of ketones is 1. The van der Waals surface area contributed by atoms with Crippen LogP contribution in [0.5, 0.6) is 0 Å². The molecule has 4 rings (SSSR count). The van der Waals surface area contributed by atoms with Gasteiger partial charge in [0.1, 0.15) is 4.83 Å². The van der Waals surface area contributed by atoms with Crippen molar-refractivity contribution in [2.24, 2.45) is 0 Å². The Bertz CT molecular complexity index is 1070. The first-order chi connectivity index (χ1) is 13.8. The number of aryl methyl sites for hydroxylation is 2. The Kier molecular flexibility index (Phi) is 5.34. The summed E-state index contributed by atoms with van der Waals surface area (Å²) in [6, 6.07) is 6.92. The molecule has 0 spiro atoms. The average Bonchev–Trinajstić information content (AvgIpc) is 2.97. The minimum atomic E-state index is -4.43. The van der Waals surface area contributed by atoms with Crippen LogP contribution in [-0.4, -0.2) is 10.8 Å². The van der Waals surface area contributed by atoms with E-state index in [1.54, 1.807) is 0 Å². The Morgan fingerprint density at radius 1 is 1.10 bits per heavy atom. The number of aromatic nitrogens is 1. The molecular formula is C22H21F3N2OS. The SMILES string of the molecule is Nc1c(C(=O)Cc2cccc(C(F)(F)F)c2)sc2nc3c(cc12)CCCCCC3. The molecule has 0 aliphatic heterocycles. The van der Waals surface area contributed by atoms with Gasteiger partial charge in [-0.05, 0) is 48.9 Å². The number of Topliss-reactive ketones (excluding diaryl/α,β-unsaturated/α-hetero) is 1. The van der Waals surface area contributed by atoms with Gasteiger partial charge in [-0.2, -0.15) is 13.2 Å². The Hall–Kier alpha value is -2.41. The highest BCUT2D eigenvalue weighted by Gasteiger charge is 2.30. The van der Waals surface area contributed by atoms with E-state index in [2.05, 4.69) is 6.07 Å². The van der Waals surface area contributed by atoms with Gasteiger partial charge in [0.15, 0.2) is 5.78 Å². The van der Waals surface area contributed by atoms with Crippen molar-refractivity contribution >= 4 is 33.0 Å². The number of hydrogen-bond acceptors (Lipinski definition) is 4. The predicted molar refractivity (Wildman–Crippen MR) is 109 cm³/mol. The molecule has 0 atom stereocenters. The molecular weight excluding hydrogens is 397 g/mol. The summed E-state index contributed by atoms with van der Waals surface area (Å²) in [7, 11) is 0. The van der Waals surface area contributed by atoms with Crippen LogP contribution in [0, 0.1) is 0 Å². The van der Waals surface area contributed by atoms with Crippen LogP contribution in [0.4, 0.5) is 18.9 Å². The minimum absolute atomic E-state index is 0.124. The minimum Gasteiger partial charge on any atom is -0.397 e. The number of alkyl halides is 3. The number of nitrogens with zero attached hydrogens (tertiary/aromatic N) is 1. The summed E-state index contributed by atoms with van der Waals surface area (Å²) >= 11 is 1.24. The fourth-order valence-electron chi connectivity index (χ4n) is 3.84. The zero-order valence-corrected chi connectivity index (χ0v) is 16.6. The summed E-state index contributed by atoms with van der Waals surface area (Å²) < 4.78 is 38.8. The lowest BCUT2D eigenvalue weighted by Crippen LogP contribution is -2.08. The third-order valence-electron chi connectivity index (χ3n) is 5.37. The topological polar surface area (TPSA) is 56.0 Å². The van der Waals surface area contributed by atoms with E-state index in [1.165, 1.54) is 41.9 Å². The standard InChI is InChI=1S/C22H21F3N2OS/c23-22(24,25)15-8-5-6-13(10-15)11-18(28)20-19(26)16-12-14-7-3-1-2-4-9-17(14)27-21(16)29-20/h5-6,8,10,12H,1-4,7,9,11,26H2. The van der Waals surface area contributed by atoms with Crippen LogP contribution in [-0.2, 0) is 25.4 Å². The Morgan fingerprint density at radius 2 is 1.86 bits per heavy atom. The molecule has 3 aromatic rings. The number of nitrogen functional groups attached to an aromatic ring is 1. The Morgan fingerprint density at radius 3 is 2.62 bits per heavy atom. The molecule has 0 fully saturated rings. The summed E-state index contributed by atoms with van der Waals surface area (Å²) in [6.45, 7) is 0. The normalized spacial score (nSPS) is 15.0. The first-order valence-electron chi connectivity index (χ1n) is 9.73. The summed E-state index contributed by atoms with van der Waals surface area (Å²) in [6.07, 6.45) is 1.96. The lowest BCUT2D eigenvalue weighted by molar-refractivity contribution is -0.137. The lowest BCUT2D eigenvalue weighted by Gasteiger charge is -2.12. The number of pyridine rings is 1. The number of fused-ring (bicyclic) bond motifs is 2. The lowest BCUT2D eigenvalue weighted by atomic mass is 9.96. The summed E-state index contributed by atoms with van der Waals surface area (Å²) in [5.41, 5.74) is 8.49. The monoisotopic (exact) mass is 418 g/mol. The van der Waals surface area contributed by atoms with Crippen LogP contribution >= 0.6 is 11.3 Å². The molecule has 1 aliphatic carbocycles. The molecule has 0 unspecified atom stereocenters. The van der Waals surface area contributed by atoms with Crippen LogP contribution in [0.3, 0.4) is 0 Å². The maximum Gasteiger partial charge on any atom is 0.416 e. The van der Waals surface area contributed by atoms with Crippen molar-refractivity contribution in [1.29, 1.82) is 0 Å². The highest BCUT2D eigenvalue weighted by Crippen LogP contribution is 2.36. The number of thiophene rings is 1. The Balaban J connectivity index is 1.65. The molecule has 2 aromatic heterocycles. The fraction of sp³-hybridized carbons (Fsp3) is 0.364. The molecule has 29 heavy (non-hydrogen) atoms. The summed E-state index contributed by atoms with van der Waals surface area (Å²) in [4.78, 5) is 18.7. The summed E-state index contributed by atoms with van der Waals surface area (Å²) in [5.74, 6) is -0.280. The van der Waals surface area contributed by atoms with Crippen LogP contribution in [0.2, 0.25) is 0 Å². The molecule has 1 aliphatic rings. The maximum absolute atomic E-state index is 12.9. The molecule has 2 heterocycles. The quantitative estimate of drug-likeness (QED) is 0.532. The van der Waals surface area contributed by atoms with Crippen molar-refractivity contribution in [1.82, 2.24) is 4.98 Å². The molecule has 0 saturated carbocycles. The molecule has 3 nitrogen and oxygen atoms in total. The van der Waals surface area contributed by atoms with E-state index < -0.39 is 11.7 Å². The van der Waals surface area contributed by atoms with Crippen LogP contribution in [0.15, 0.2) is 30.3 Å².